The molecule has 0 aliphatic heterocycles. The molecule has 0 bridgehead atoms. The molecule has 0 spiro atoms. The normalized spacial score (nSPS) is 12.0. The number of amides is 2. The first-order chi connectivity index (χ1) is 18.1. The van der Waals surface area contributed by atoms with Crippen LogP contribution in [0.2, 0.25) is 0 Å². The molecule has 0 aliphatic carbocycles. The van der Waals surface area contributed by atoms with Gasteiger partial charge < -0.3 is 10.2 Å². The van der Waals surface area contributed by atoms with Gasteiger partial charge in [-0.15, -0.1) is 0 Å². The molecule has 0 aromatic heterocycles. The van der Waals surface area contributed by atoms with Crippen LogP contribution in [-0.4, -0.2) is 50.8 Å². The van der Waals surface area contributed by atoms with Crippen molar-refractivity contribution >= 4 is 27.5 Å². The average Bonchev–Trinajstić information content (AvgIpc) is 2.92. The van der Waals surface area contributed by atoms with Crippen LogP contribution >= 0.6 is 0 Å². The van der Waals surface area contributed by atoms with Gasteiger partial charge in [-0.3, -0.25) is 13.9 Å². The summed E-state index contributed by atoms with van der Waals surface area (Å²) < 4.78 is 28.9. The van der Waals surface area contributed by atoms with E-state index in [-0.39, 0.29) is 17.3 Å². The van der Waals surface area contributed by atoms with Gasteiger partial charge in [-0.2, -0.15) is 0 Å². The van der Waals surface area contributed by atoms with Gasteiger partial charge in [0, 0.05) is 13.1 Å². The zero-order chi connectivity index (χ0) is 27.7. The lowest BCUT2D eigenvalue weighted by Gasteiger charge is -2.32. The molecular weight excluding hydrogens is 498 g/mol. The molecule has 3 aromatic carbocycles. The molecule has 2 amide bonds. The number of benzene rings is 3. The zero-order valence-corrected chi connectivity index (χ0v) is 23.4. The van der Waals surface area contributed by atoms with E-state index >= 15 is 0 Å². The van der Waals surface area contributed by atoms with Crippen LogP contribution in [-0.2, 0) is 26.0 Å². The molecule has 0 aliphatic rings. The highest BCUT2D eigenvalue weighted by molar-refractivity contribution is 7.92. The third kappa shape index (κ3) is 7.22. The molecule has 0 radical (unpaired) electrons. The lowest BCUT2D eigenvalue weighted by atomic mass is 10.1. The number of hydrogen-bond donors (Lipinski definition) is 1. The molecule has 1 unspecified atom stereocenters. The number of nitrogens with one attached hydrogen (secondary N) is 1. The molecule has 0 saturated carbocycles. The van der Waals surface area contributed by atoms with Gasteiger partial charge in [-0.1, -0.05) is 67.6 Å². The quantitative estimate of drug-likeness (QED) is 0.370. The molecule has 3 aromatic rings. The number of sulfonamides is 1. The van der Waals surface area contributed by atoms with Crippen LogP contribution in [0.4, 0.5) is 5.69 Å². The van der Waals surface area contributed by atoms with Gasteiger partial charge in [0.2, 0.25) is 11.8 Å². The molecule has 0 heterocycles. The highest BCUT2D eigenvalue weighted by atomic mass is 32.2. The number of anilines is 1. The topological polar surface area (TPSA) is 86.8 Å². The van der Waals surface area contributed by atoms with E-state index in [1.54, 1.807) is 31.2 Å². The maximum Gasteiger partial charge on any atom is 0.264 e. The SMILES string of the molecule is CCCNC(=O)C(C)N(CCc1ccccc1)C(=O)CN(c1cc(C)ccc1C)S(=O)(=O)c1ccccc1. The van der Waals surface area contributed by atoms with Crippen molar-refractivity contribution in [1.29, 1.82) is 0 Å². The Morgan fingerprint density at radius 2 is 1.55 bits per heavy atom. The Morgan fingerprint density at radius 1 is 0.921 bits per heavy atom. The molecule has 38 heavy (non-hydrogen) atoms. The molecule has 7 nitrogen and oxygen atoms in total. The summed E-state index contributed by atoms with van der Waals surface area (Å²) in [5, 5.41) is 2.86. The maximum absolute atomic E-state index is 13.9. The first-order valence-corrected chi connectivity index (χ1v) is 14.3. The first kappa shape index (κ1) is 28.9. The van der Waals surface area contributed by atoms with Gasteiger partial charge >= 0.3 is 0 Å². The predicted molar refractivity (Wildman–Crippen MR) is 152 cm³/mol. The van der Waals surface area contributed by atoms with E-state index in [4.69, 9.17) is 0 Å². The second kappa shape index (κ2) is 13.2. The second-order valence-corrected chi connectivity index (χ2v) is 11.3. The highest BCUT2D eigenvalue weighted by Crippen LogP contribution is 2.28. The molecule has 1 atom stereocenters. The lowest BCUT2D eigenvalue weighted by molar-refractivity contribution is -0.138. The van der Waals surface area contributed by atoms with Crippen LogP contribution in [0.25, 0.3) is 0 Å². The number of carbonyl (C=O) groups is 2. The van der Waals surface area contributed by atoms with Gasteiger partial charge in [0.15, 0.2) is 0 Å². The maximum atomic E-state index is 13.9. The van der Waals surface area contributed by atoms with Gasteiger partial charge in [-0.25, -0.2) is 8.42 Å². The summed E-state index contributed by atoms with van der Waals surface area (Å²) in [6.07, 6.45) is 1.30. The number of aryl methyl sites for hydroxylation is 2. The Balaban J connectivity index is 1.99. The zero-order valence-electron chi connectivity index (χ0n) is 22.6. The highest BCUT2D eigenvalue weighted by Gasteiger charge is 2.32. The summed E-state index contributed by atoms with van der Waals surface area (Å²) >= 11 is 0. The fraction of sp³-hybridized carbons (Fsp3) is 0.333. The number of hydrogen-bond acceptors (Lipinski definition) is 4. The van der Waals surface area contributed by atoms with E-state index in [1.165, 1.54) is 21.3 Å². The molecule has 202 valence electrons. The monoisotopic (exact) mass is 535 g/mol. The van der Waals surface area contributed by atoms with Crippen LogP contribution < -0.4 is 9.62 Å². The summed E-state index contributed by atoms with van der Waals surface area (Å²) in [7, 11) is -4.06. The van der Waals surface area contributed by atoms with Crippen molar-refractivity contribution in [3.8, 4) is 0 Å². The summed E-state index contributed by atoms with van der Waals surface area (Å²) in [6, 6.07) is 22.5. The van der Waals surface area contributed by atoms with Crippen molar-refractivity contribution < 1.29 is 18.0 Å². The Hall–Kier alpha value is -3.65. The van der Waals surface area contributed by atoms with Crippen molar-refractivity contribution in [2.45, 2.75) is 51.5 Å². The van der Waals surface area contributed by atoms with Crippen molar-refractivity contribution in [3.63, 3.8) is 0 Å². The second-order valence-electron chi connectivity index (χ2n) is 9.40. The minimum Gasteiger partial charge on any atom is -0.354 e. The Bertz CT molecular complexity index is 1330. The van der Waals surface area contributed by atoms with Crippen LogP contribution in [0, 0.1) is 13.8 Å². The van der Waals surface area contributed by atoms with Gasteiger partial charge in [0.1, 0.15) is 12.6 Å². The van der Waals surface area contributed by atoms with Crippen molar-refractivity contribution in [3.05, 3.63) is 95.6 Å². The summed E-state index contributed by atoms with van der Waals surface area (Å²) in [4.78, 5) is 28.4. The molecule has 1 N–H and O–H groups in total. The molecular formula is C30H37N3O4S. The Labute approximate surface area is 226 Å². The van der Waals surface area contributed by atoms with Crippen LogP contribution in [0.5, 0.6) is 0 Å². The van der Waals surface area contributed by atoms with E-state index in [0.29, 0.717) is 18.7 Å². The fourth-order valence-corrected chi connectivity index (χ4v) is 5.68. The smallest absolute Gasteiger partial charge is 0.264 e. The largest absolute Gasteiger partial charge is 0.354 e. The van der Waals surface area contributed by atoms with Crippen molar-refractivity contribution in [2.24, 2.45) is 0 Å². The number of nitrogens with zero attached hydrogens (tertiary/aromatic N) is 2. The third-order valence-corrected chi connectivity index (χ3v) is 8.22. The molecule has 3 rings (SSSR count). The number of carbonyl (C=O) groups excluding carboxylic acids is 2. The standard InChI is InChI=1S/C30H37N3O4S/c1-5-19-31-30(35)25(4)32(20-18-26-12-8-6-9-13-26)29(34)22-33(28-21-23(2)16-17-24(28)3)38(36,37)27-14-10-7-11-15-27/h6-17,21,25H,5,18-20,22H2,1-4H3,(H,31,35). The Kier molecular flexibility index (Phi) is 10.1. The average molecular weight is 536 g/mol. The Morgan fingerprint density at radius 3 is 2.18 bits per heavy atom. The van der Waals surface area contributed by atoms with E-state index in [2.05, 4.69) is 5.32 Å². The van der Waals surface area contributed by atoms with E-state index in [1.807, 2.05) is 63.2 Å². The lowest BCUT2D eigenvalue weighted by Crippen LogP contribution is -2.52. The van der Waals surface area contributed by atoms with E-state index in [0.717, 1.165) is 23.1 Å². The molecule has 0 fully saturated rings. The van der Waals surface area contributed by atoms with Gasteiger partial charge in [0.25, 0.3) is 10.0 Å². The summed E-state index contributed by atoms with van der Waals surface area (Å²) in [6.45, 7) is 7.69. The van der Waals surface area contributed by atoms with Gasteiger partial charge in [0.05, 0.1) is 10.6 Å². The van der Waals surface area contributed by atoms with Crippen molar-refractivity contribution in [1.82, 2.24) is 10.2 Å². The van der Waals surface area contributed by atoms with Crippen LogP contribution in [0.1, 0.15) is 37.0 Å². The summed E-state index contributed by atoms with van der Waals surface area (Å²) in [5.74, 6) is -0.710. The third-order valence-electron chi connectivity index (χ3n) is 6.44. The predicted octanol–water partition coefficient (Wildman–Crippen LogP) is 4.48. The van der Waals surface area contributed by atoms with E-state index in [9.17, 15) is 18.0 Å². The fourth-order valence-electron chi connectivity index (χ4n) is 4.19. The minimum absolute atomic E-state index is 0.0956. The van der Waals surface area contributed by atoms with Crippen LogP contribution in [0.3, 0.4) is 0 Å². The van der Waals surface area contributed by atoms with E-state index < -0.39 is 28.5 Å². The molecule has 8 heteroatoms. The van der Waals surface area contributed by atoms with Gasteiger partial charge in [-0.05, 0) is 68.5 Å². The number of rotatable bonds is 12. The van der Waals surface area contributed by atoms with Crippen molar-refractivity contribution in [2.75, 3.05) is 23.9 Å². The summed E-state index contributed by atoms with van der Waals surface area (Å²) in [5.41, 5.74) is 3.06. The first-order valence-electron chi connectivity index (χ1n) is 12.9. The molecule has 0 saturated heterocycles. The van der Waals surface area contributed by atoms with Crippen LogP contribution in [0.15, 0.2) is 83.8 Å². The minimum atomic E-state index is -4.06.